The minimum Gasteiger partial charge on any atom is -0.507 e. The number of phenolic OH excluding ortho intramolecular Hbond substituents is 1. The summed E-state index contributed by atoms with van der Waals surface area (Å²) in [6.07, 6.45) is 0. The van der Waals surface area contributed by atoms with Crippen LogP contribution in [-0.2, 0) is 12.0 Å². The van der Waals surface area contributed by atoms with Gasteiger partial charge in [-0.25, -0.2) is 0 Å². The highest BCUT2D eigenvalue weighted by molar-refractivity contribution is 9.10. The van der Waals surface area contributed by atoms with Crippen LogP contribution >= 0.6 is 15.9 Å². The van der Waals surface area contributed by atoms with Gasteiger partial charge >= 0.3 is 0 Å². The van der Waals surface area contributed by atoms with Crippen molar-refractivity contribution in [3.63, 3.8) is 0 Å². The van der Waals surface area contributed by atoms with Crippen LogP contribution < -0.4 is 5.73 Å². The number of hydrogen-bond donors (Lipinski definition) is 2. The van der Waals surface area contributed by atoms with Gasteiger partial charge in [-0.3, -0.25) is 0 Å². The molecule has 0 amide bonds. The van der Waals surface area contributed by atoms with Crippen LogP contribution in [0.25, 0.3) is 0 Å². The van der Waals surface area contributed by atoms with E-state index >= 15 is 0 Å². The van der Waals surface area contributed by atoms with E-state index in [0.29, 0.717) is 12.3 Å². The summed E-state index contributed by atoms with van der Waals surface area (Å²) in [4.78, 5) is 0. The highest BCUT2D eigenvalue weighted by Gasteiger charge is 2.20. The second-order valence-corrected chi connectivity index (χ2v) is 5.33. The van der Waals surface area contributed by atoms with Crippen LogP contribution in [0.5, 0.6) is 5.75 Å². The fourth-order valence-corrected chi connectivity index (χ4v) is 1.89. The van der Waals surface area contributed by atoms with Crippen LogP contribution in [0.2, 0.25) is 0 Å². The summed E-state index contributed by atoms with van der Waals surface area (Å²) in [6, 6.07) is 3.79. The quantitative estimate of drug-likeness (QED) is 0.813. The number of aromatic hydroxyl groups is 1. The fraction of sp³-hybridized carbons (Fsp3) is 0.455. The molecular formula is C11H16BrNO. The summed E-state index contributed by atoms with van der Waals surface area (Å²) in [7, 11) is 0. The van der Waals surface area contributed by atoms with Gasteiger partial charge in [-0.2, -0.15) is 0 Å². The van der Waals surface area contributed by atoms with Crippen LogP contribution in [-0.4, -0.2) is 5.11 Å². The van der Waals surface area contributed by atoms with E-state index in [1.807, 2.05) is 12.1 Å². The molecule has 1 rings (SSSR count). The van der Waals surface area contributed by atoms with Gasteiger partial charge in [0.1, 0.15) is 5.75 Å². The average molecular weight is 258 g/mol. The van der Waals surface area contributed by atoms with E-state index in [4.69, 9.17) is 5.73 Å². The molecule has 14 heavy (non-hydrogen) atoms. The first-order valence-electron chi connectivity index (χ1n) is 4.58. The number of benzene rings is 1. The Morgan fingerprint density at radius 3 is 2.36 bits per heavy atom. The van der Waals surface area contributed by atoms with Crippen molar-refractivity contribution in [3.8, 4) is 5.75 Å². The van der Waals surface area contributed by atoms with Gasteiger partial charge in [-0.05, 0) is 17.5 Å². The molecule has 2 nitrogen and oxygen atoms in total. The van der Waals surface area contributed by atoms with E-state index in [1.54, 1.807) is 0 Å². The number of rotatable bonds is 1. The minimum absolute atomic E-state index is 0.0716. The van der Waals surface area contributed by atoms with Crippen molar-refractivity contribution >= 4 is 15.9 Å². The molecule has 0 saturated heterocycles. The van der Waals surface area contributed by atoms with Crippen molar-refractivity contribution in [2.75, 3.05) is 0 Å². The van der Waals surface area contributed by atoms with Gasteiger partial charge in [0, 0.05) is 22.1 Å². The summed E-state index contributed by atoms with van der Waals surface area (Å²) >= 11 is 3.41. The average Bonchev–Trinajstić information content (AvgIpc) is 2.06. The predicted molar refractivity (Wildman–Crippen MR) is 62.4 cm³/mol. The maximum absolute atomic E-state index is 9.95. The van der Waals surface area contributed by atoms with Gasteiger partial charge in [-0.1, -0.05) is 36.7 Å². The normalized spacial score (nSPS) is 11.8. The molecule has 3 heteroatoms. The van der Waals surface area contributed by atoms with E-state index in [-0.39, 0.29) is 5.41 Å². The number of halogens is 1. The molecule has 1 aromatic rings. The van der Waals surface area contributed by atoms with E-state index < -0.39 is 0 Å². The Morgan fingerprint density at radius 1 is 1.36 bits per heavy atom. The Hall–Kier alpha value is -0.540. The van der Waals surface area contributed by atoms with Gasteiger partial charge in [0.05, 0.1) is 0 Å². The van der Waals surface area contributed by atoms with Gasteiger partial charge in [-0.15, -0.1) is 0 Å². The van der Waals surface area contributed by atoms with Gasteiger partial charge in [0.25, 0.3) is 0 Å². The molecule has 0 aliphatic heterocycles. The first-order valence-corrected chi connectivity index (χ1v) is 5.37. The Bertz CT molecular complexity index is 342. The summed E-state index contributed by atoms with van der Waals surface area (Å²) in [5.41, 5.74) is 7.18. The lowest BCUT2D eigenvalue weighted by Crippen LogP contribution is -2.13. The lowest BCUT2D eigenvalue weighted by molar-refractivity contribution is 0.440. The van der Waals surface area contributed by atoms with E-state index in [9.17, 15) is 5.11 Å². The monoisotopic (exact) mass is 257 g/mol. The number of phenols is 1. The molecule has 0 aromatic heterocycles. The topological polar surface area (TPSA) is 46.2 Å². The van der Waals surface area contributed by atoms with Crippen LogP contribution in [0.1, 0.15) is 31.9 Å². The third kappa shape index (κ3) is 2.28. The fourth-order valence-electron chi connectivity index (χ4n) is 1.38. The maximum Gasteiger partial charge on any atom is 0.123 e. The van der Waals surface area contributed by atoms with Crippen LogP contribution in [0, 0.1) is 0 Å². The van der Waals surface area contributed by atoms with E-state index in [1.165, 1.54) is 0 Å². The molecule has 3 N–H and O–H groups in total. The third-order valence-corrected chi connectivity index (χ3v) is 2.64. The third-order valence-electron chi connectivity index (χ3n) is 2.18. The molecule has 0 fully saturated rings. The number of hydrogen-bond acceptors (Lipinski definition) is 2. The summed E-state index contributed by atoms with van der Waals surface area (Å²) < 4.78 is 0.959. The second-order valence-electron chi connectivity index (χ2n) is 4.42. The van der Waals surface area contributed by atoms with E-state index in [0.717, 1.165) is 15.6 Å². The Balaban J connectivity index is 3.37. The molecule has 0 radical (unpaired) electrons. The minimum atomic E-state index is -0.0716. The Kier molecular flexibility index (Phi) is 3.22. The molecule has 0 spiro atoms. The zero-order chi connectivity index (χ0) is 10.9. The Labute approximate surface area is 93.3 Å². The van der Waals surface area contributed by atoms with Gasteiger partial charge < -0.3 is 10.8 Å². The van der Waals surface area contributed by atoms with Crippen LogP contribution in [0.4, 0.5) is 0 Å². The van der Waals surface area contributed by atoms with Crippen molar-refractivity contribution in [2.24, 2.45) is 5.73 Å². The standard InChI is InChI=1S/C11H16BrNO/c1-11(2,3)9-5-8(12)4-7(6-13)10(9)14/h4-5,14H,6,13H2,1-3H3. The van der Waals surface area contributed by atoms with Crippen molar-refractivity contribution in [3.05, 3.63) is 27.7 Å². The van der Waals surface area contributed by atoms with Gasteiger partial charge in [0.15, 0.2) is 0 Å². The summed E-state index contributed by atoms with van der Waals surface area (Å²) in [5, 5.41) is 9.95. The first kappa shape index (κ1) is 11.5. The summed E-state index contributed by atoms with van der Waals surface area (Å²) in [5.74, 6) is 0.322. The molecule has 0 aliphatic rings. The SMILES string of the molecule is CC(C)(C)c1cc(Br)cc(CN)c1O. The van der Waals surface area contributed by atoms with Crippen molar-refractivity contribution in [1.29, 1.82) is 0 Å². The maximum atomic E-state index is 9.95. The lowest BCUT2D eigenvalue weighted by atomic mass is 9.85. The molecule has 0 saturated carbocycles. The van der Waals surface area contributed by atoms with E-state index in [2.05, 4.69) is 36.7 Å². The summed E-state index contributed by atoms with van der Waals surface area (Å²) in [6.45, 7) is 6.55. The predicted octanol–water partition coefficient (Wildman–Crippen LogP) is 2.91. The zero-order valence-corrected chi connectivity index (χ0v) is 10.4. The number of nitrogens with two attached hydrogens (primary N) is 1. The molecule has 78 valence electrons. The lowest BCUT2D eigenvalue weighted by Gasteiger charge is -2.22. The molecule has 0 heterocycles. The van der Waals surface area contributed by atoms with Crippen LogP contribution in [0.3, 0.4) is 0 Å². The molecule has 1 aromatic carbocycles. The zero-order valence-electron chi connectivity index (χ0n) is 8.76. The highest BCUT2D eigenvalue weighted by atomic mass is 79.9. The first-order chi connectivity index (χ1) is 6.36. The molecular weight excluding hydrogens is 242 g/mol. The van der Waals surface area contributed by atoms with Crippen LogP contribution in [0.15, 0.2) is 16.6 Å². The smallest absolute Gasteiger partial charge is 0.123 e. The highest BCUT2D eigenvalue weighted by Crippen LogP contribution is 2.35. The Morgan fingerprint density at radius 2 is 1.93 bits per heavy atom. The van der Waals surface area contributed by atoms with Gasteiger partial charge in [0.2, 0.25) is 0 Å². The molecule has 0 aliphatic carbocycles. The molecule has 0 atom stereocenters. The molecule has 0 bridgehead atoms. The van der Waals surface area contributed by atoms with Crippen molar-refractivity contribution in [2.45, 2.75) is 32.7 Å². The largest absolute Gasteiger partial charge is 0.507 e. The molecule has 0 unspecified atom stereocenters. The van der Waals surface area contributed by atoms with Crippen molar-refractivity contribution < 1.29 is 5.11 Å². The van der Waals surface area contributed by atoms with Crippen molar-refractivity contribution in [1.82, 2.24) is 0 Å². The second kappa shape index (κ2) is 3.91.